The van der Waals surface area contributed by atoms with Crippen molar-refractivity contribution in [2.24, 2.45) is 5.73 Å². The molecule has 2 N–H and O–H groups in total. The number of hydrogen-bond acceptors (Lipinski definition) is 4. The van der Waals surface area contributed by atoms with Gasteiger partial charge in [0.15, 0.2) is 5.75 Å². The van der Waals surface area contributed by atoms with Gasteiger partial charge in [0.1, 0.15) is 11.3 Å². The highest BCUT2D eigenvalue weighted by molar-refractivity contribution is 5.81. The Morgan fingerprint density at radius 3 is 2.76 bits per heavy atom. The predicted molar refractivity (Wildman–Crippen MR) is 81.4 cm³/mol. The first-order valence-corrected chi connectivity index (χ1v) is 6.96. The smallest absolute Gasteiger partial charge is 0.161 e. The molecule has 0 spiro atoms. The van der Waals surface area contributed by atoms with Crippen LogP contribution in [-0.4, -0.2) is 16.9 Å². The highest BCUT2D eigenvalue weighted by Gasteiger charge is 2.24. The van der Waals surface area contributed by atoms with Gasteiger partial charge in [0.2, 0.25) is 0 Å². The van der Waals surface area contributed by atoms with Crippen molar-refractivity contribution in [2.75, 3.05) is 7.11 Å². The van der Waals surface area contributed by atoms with Gasteiger partial charge in [0.05, 0.1) is 25.6 Å². The van der Waals surface area contributed by atoms with Crippen molar-refractivity contribution in [2.45, 2.75) is 25.9 Å². The van der Waals surface area contributed by atoms with Gasteiger partial charge in [-0.25, -0.2) is 0 Å². The third-order valence-corrected chi connectivity index (χ3v) is 3.65. The lowest BCUT2D eigenvalue weighted by atomic mass is 10.0. The molecule has 3 rings (SSSR count). The Bertz CT molecular complexity index is 758. The van der Waals surface area contributed by atoms with Crippen molar-refractivity contribution in [1.82, 2.24) is 9.78 Å². The van der Waals surface area contributed by atoms with Crippen molar-refractivity contribution in [3.05, 3.63) is 48.0 Å². The van der Waals surface area contributed by atoms with Crippen LogP contribution >= 0.6 is 0 Å². The molecule has 5 heteroatoms. The standard InChI is InChI=1S/C16H19N3O2/c1-10(2)19-16(14(20-3)8-18-19)15(17)12-9-21-13-7-5-4-6-11(12)13/h4-10,15H,17H2,1-3H3. The number of rotatable bonds is 4. The van der Waals surface area contributed by atoms with E-state index >= 15 is 0 Å². The Morgan fingerprint density at radius 2 is 2.05 bits per heavy atom. The molecule has 1 aromatic carbocycles. The summed E-state index contributed by atoms with van der Waals surface area (Å²) in [5.74, 6) is 0.696. The van der Waals surface area contributed by atoms with Crippen molar-refractivity contribution in [3.8, 4) is 5.75 Å². The number of nitrogens with zero attached hydrogens (tertiary/aromatic N) is 2. The van der Waals surface area contributed by atoms with Crippen LogP contribution in [0.15, 0.2) is 41.1 Å². The fraction of sp³-hybridized carbons (Fsp3) is 0.312. The van der Waals surface area contributed by atoms with Gasteiger partial charge in [0, 0.05) is 17.0 Å². The van der Waals surface area contributed by atoms with Crippen LogP contribution in [0.4, 0.5) is 0 Å². The fourth-order valence-corrected chi connectivity index (χ4v) is 2.61. The number of aromatic nitrogens is 2. The maximum Gasteiger partial charge on any atom is 0.161 e. The predicted octanol–water partition coefficient (Wildman–Crippen LogP) is 3.27. The van der Waals surface area contributed by atoms with Crippen LogP contribution in [0.25, 0.3) is 11.0 Å². The minimum atomic E-state index is -0.353. The Labute approximate surface area is 123 Å². The molecular formula is C16H19N3O2. The van der Waals surface area contributed by atoms with E-state index < -0.39 is 0 Å². The highest BCUT2D eigenvalue weighted by Crippen LogP contribution is 2.34. The lowest BCUT2D eigenvalue weighted by molar-refractivity contribution is 0.400. The zero-order chi connectivity index (χ0) is 15.0. The van der Waals surface area contributed by atoms with E-state index in [0.29, 0.717) is 5.75 Å². The molecule has 0 radical (unpaired) electrons. The molecule has 0 fully saturated rings. The van der Waals surface area contributed by atoms with Gasteiger partial charge in [-0.05, 0) is 19.9 Å². The largest absolute Gasteiger partial charge is 0.493 e. The Morgan fingerprint density at radius 1 is 1.29 bits per heavy atom. The van der Waals surface area contributed by atoms with Crippen molar-refractivity contribution in [1.29, 1.82) is 0 Å². The summed E-state index contributed by atoms with van der Waals surface area (Å²) >= 11 is 0. The monoisotopic (exact) mass is 285 g/mol. The quantitative estimate of drug-likeness (QED) is 0.799. The lowest BCUT2D eigenvalue weighted by Gasteiger charge is -2.17. The summed E-state index contributed by atoms with van der Waals surface area (Å²) in [6.07, 6.45) is 3.42. The molecule has 110 valence electrons. The summed E-state index contributed by atoms with van der Waals surface area (Å²) < 4.78 is 12.9. The number of methoxy groups -OCH3 is 1. The van der Waals surface area contributed by atoms with E-state index in [-0.39, 0.29) is 12.1 Å². The molecule has 0 aliphatic carbocycles. The molecule has 1 atom stereocenters. The summed E-state index contributed by atoms with van der Waals surface area (Å²) in [7, 11) is 1.63. The van der Waals surface area contributed by atoms with Crippen LogP contribution in [0.5, 0.6) is 5.75 Å². The first kappa shape index (κ1) is 13.7. The average Bonchev–Trinajstić information content (AvgIpc) is 3.10. The third kappa shape index (κ3) is 2.19. The molecule has 21 heavy (non-hydrogen) atoms. The zero-order valence-corrected chi connectivity index (χ0v) is 12.4. The van der Waals surface area contributed by atoms with Crippen LogP contribution < -0.4 is 10.5 Å². The normalized spacial score (nSPS) is 13.0. The topological polar surface area (TPSA) is 66.2 Å². The maximum absolute atomic E-state index is 6.49. The lowest BCUT2D eigenvalue weighted by Crippen LogP contribution is -2.19. The van der Waals surface area contributed by atoms with E-state index in [0.717, 1.165) is 22.2 Å². The molecule has 0 saturated heterocycles. The summed E-state index contributed by atoms with van der Waals surface area (Å²) in [6, 6.07) is 7.71. The molecule has 5 nitrogen and oxygen atoms in total. The molecule has 0 aliphatic heterocycles. The third-order valence-electron chi connectivity index (χ3n) is 3.65. The number of ether oxygens (including phenoxy) is 1. The molecule has 0 saturated carbocycles. The maximum atomic E-state index is 6.49. The molecule has 2 heterocycles. The number of nitrogens with two attached hydrogens (primary N) is 1. The van der Waals surface area contributed by atoms with E-state index in [9.17, 15) is 0 Å². The molecule has 3 aromatic rings. The van der Waals surface area contributed by atoms with E-state index in [1.165, 1.54) is 0 Å². The first-order chi connectivity index (χ1) is 10.1. The van der Waals surface area contributed by atoms with Gasteiger partial charge in [-0.15, -0.1) is 0 Å². The number of benzene rings is 1. The van der Waals surface area contributed by atoms with Gasteiger partial charge in [-0.1, -0.05) is 18.2 Å². The van der Waals surface area contributed by atoms with Crippen molar-refractivity contribution in [3.63, 3.8) is 0 Å². The van der Waals surface area contributed by atoms with E-state index in [2.05, 4.69) is 18.9 Å². The van der Waals surface area contributed by atoms with Gasteiger partial charge in [0.25, 0.3) is 0 Å². The number of para-hydroxylation sites is 1. The second-order valence-electron chi connectivity index (χ2n) is 5.30. The molecule has 0 amide bonds. The van der Waals surface area contributed by atoms with Crippen molar-refractivity contribution < 1.29 is 9.15 Å². The number of hydrogen-bond donors (Lipinski definition) is 1. The Balaban J connectivity index is 2.14. The van der Waals surface area contributed by atoms with Gasteiger partial charge in [-0.2, -0.15) is 5.10 Å². The fourth-order valence-electron chi connectivity index (χ4n) is 2.61. The summed E-state index contributed by atoms with van der Waals surface area (Å²) in [5, 5.41) is 5.40. The second kappa shape index (κ2) is 5.26. The number of furan rings is 1. The van der Waals surface area contributed by atoms with E-state index in [1.807, 2.05) is 28.9 Å². The highest BCUT2D eigenvalue weighted by atomic mass is 16.5. The zero-order valence-electron chi connectivity index (χ0n) is 12.4. The van der Waals surface area contributed by atoms with Crippen LogP contribution in [-0.2, 0) is 0 Å². The SMILES string of the molecule is COc1cnn(C(C)C)c1C(N)c1coc2ccccc12. The molecular weight excluding hydrogens is 266 g/mol. The van der Waals surface area contributed by atoms with Crippen LogP contribution in [0.1, 0.15) is 37.2 Å². The van der Waals surface area contributed by atoms with Gasteiger partial charge in [-0.3, -0.25) is 4.68 Å². The van der Waals surface area contributed by atoms with E-state index in [4.69, 9.17) is 14.9 Å². The van der Waals surface area contributed by atoms with Crippen LogP contribution in [0.3, 0.4) is 0 Å². The summed E-state index contributed by atoms with van der Waals surface area (Å²) in [5.41, 5.74) is 9.11. The van der Waals surface area contributed by atoms with E-state index in [1.54, 1.807) is 19.6 Å². The minimum absolute atomic E-state index is 0.202. The first-order valence-electron chi connectivity index (χ1n) is 6.96. The Kier molecular flexibility index (Phi) is 3.43. The average molecular weight is 285 g/mol. The molecule has 1 unspecified atom stereocenters. The molecule has 0 aliphatic rings. The van der Waals surface area contributed by atoms with Crippen LogP contribution in [0.2, 0.25) is 0 Å². The molecule has 0 bridgehead atoms. The summed E-state index contributed by atoms with van der Waals surface area (Å²) in [6.45, 7) is 4.13. The molecule has 2 aromatic heterocycles. The Hall–Kier alpha value is -2.27. The summed E-state index contributed by atoms with van der Waals surface area (Å²) in [4.78, 5) is 0. The number of fused-ring (bicyclic) bond motifs is 1. The minimum Gasteiger partial charge on any atom is -0.493 e. The van der Waals surface area contributed by atoms with Gasteiger partial charge < -0.3 is 14.9 Å². The van der Waals surface area contributed by atoms with Crippen LogP contribution in [0, 0.1) is 0 Å². The van der Waals surface area contributed by atoms with Gasteiger partial charge >= 0.3 is 0 Å². The van der Waals surface area contributed by atoms with Crippen molar-refractivity contribution >= 4 is 11.0 Å². The second-order valence-corrected chi connectivity index (χ2v) is 5.30.